The van der Waals surface area contributed by atoms with E-state index in [4.69, 9.17) is 9.84 Å². The molecule has 0 fully saturated rings. The lowest BCUT2D eigenvalue weighted by atomic mass is 10.2. The standard InChI is InChI=1S/C16H13F3N4O2S/c1-25-11-5-9(16(17,18)19)4-10(6-11)21-15-20-3-2-12(23-15)13-8-26-14(7-24)22-13/h2-6,8,24H,7H2,1H3,(H,20,21,23). The van der Waals surface area contributed by atoms with Crippen LogP contribution in [0.4, 0.5) is 24.8 Å². The lowest BCUT2D eigenvalue weighted by Gasteiger charge is -2.12. The number of aliphatic hydroxyl groups is 1. The van der Waals surface area contributed by atoms with Crippen molar-refractivity contribution < 1.29 is 23.0 Å². The Morgan fingerprint density at radius 1 is 1.19 bits per heavy atom. The highest BCUT2D eigenvalue weighted by Gasteiger charge is 2.31. The molecule has 3 aromatic rings. The Kier molecular flexibility index (Phi) is 5.05. The number of alkyl halides is 3. The third kappa shape index (κ3) is 4.09. The second-order valence-electron chi connectivity index (χ2n) is 5.12. The van der Waals surface area contributed by atoms with Crippen molar-refractivity contribution in [3.63, 3.8) is 0 Å². The molecule has 26 heavy (non-hydrogen) atoms. The highest BCUT2D eigenvalue weighted by Crippen LogP contribution is 2.34. The Balaban J connectivity index is 1.90. The van der Waals surface area contributed by atoms with E-state index in [1.54, 1.807) is 11.4 Å². The van der Waals surface area contributed by atoms with Crippen LogP contribution in [0.2, 0.25) is 0 Å². The maximum Gasteiger partial charge on any atom is 0.416 e. The maximum absolute atomic E-state index is 13.0. The largest absolute Gasteiger partial charge is 0.497 e. The first-order chi connectivity index (χ1) is 12.4. The van der Waals surface area contributed by atoms with E-state index >= 15 is 0 Å². The predicted molar refractivity (Wildman–Crippen MR) is 90.3 cm³/mol. The van der Waals surface area contributed by atoms with E-state index in [0.717, 1.165) is 12.1 Å². The summed E-state index contributed by atoms with van der Waals surface area (Å²) in [5.41, 5.74) is 0.328. The number of anilines is 2. The highest BCUT2D eigenvalue weighted by atomic mass is 32.1. The van der Waals surface area contributed by atoms with Crippen LogP contribution in [0.15, 0.2) is 35.8 Å². The molecule has 0 aliphatic carbocycles. The number of methoxy groups -OCH3 is 1. The lowest BCUT2D eigenvalue weighted by Crippen LogP contribution is -2.07. The molecule has 0 atom stereocenters. The summed E-state index contributed by atoms with van der Waals surface area (Å²) in [6, 6.07) is 4.89. The predicted octanol–water partition coefficient (Wildman–Crippen LogP) is 3.86. The first-order valence-electron chi connectivity index (χ1n) is 7.31. The zero-order valence-corrected chi connectivity index (χ0v) is 14.2. The van der Waals surface area contributed by atoms with Gasteiger partial charge in [-0.15, -0.1) is 11.3 Å². The second kappa shape index (κ2) is 7.26. The highest BCUT2D eigenvalue weighted by molar-refractivity contribution is 7.09. The molecule has 0 amide bonds. The first-order valence-corrected chi connectivity index (χ1v) is 8.19. The van der Waals surface area contributed by atoms with E-state index in [2.05, 4.69) is 20.3 Å². The van der Waals surface area contributed by atoms with E-state index in [1.807, 2.05) is 0 Å². The number of halogens is 3. The molecule has 3 rings (SSSR count). The van der Waals surface area contributed by atoms with Gasteiger partial charge in [0.25, 0.3) is 0 Å². The number of hydrogen-bond donors (Lipinski definition) is 2. The van der Waals surface area contributed by atoms with Gasteiger partial charge in [0.05, 0.1) is 25.0 Å². The zero-order valence-electron chi connectivity index (χ0n) is 13.4. The average molecular weight is 382 g/mol. The van der Waals surface area contributed by atoms with E-state index < -0.39 is 11.7 Å². The van der Waals surface area contributed by atoms with Crippen LogP contribution in [0.3, 0.4) is 0 Å². The fourth-order valence-corrected chi connectivity index (χ4v) is 2.79. The van der Waals surface area contributed by atoms with Gasteiger partial charge in [-0.25, -0.2) is 15.0 Å². The fraction of sp³-hybridized carbons (Fsp3) is 0.188. The SMILES string of the molecule is COc1cc(Nc2nccc(-c3csc(CO)n3)n2)cc(C(F)(F)F)c1. The van der Waals surface area contributed by atoms with Gasteiger partial charge in [0.1, 0.15) is 16.5 Å². The maximum atomic E-state index is 13.0. The van der Waals surface area contributed by atoms with Gasteiger partial charge in [0, 0.05) is 23.3 Å². The zero-order chi connectivity index (χ0) is 18.7. The molecule has 2 aromatic heterocycles. The Labute approximate surface area is 150 Å². The van der Waals surface area contributed by atoms with Gasteiger partial charge in [0.15, 0.2) is 0 Å². The number of nitrogens with zero attached hydrogens (tertiary/aromatic N) is 3. The van der Waals surface area contributed by atoms with Gasteiger partial charge in [-0.3, -0.25) is 0 Å². The molecule has 0 spiro atoms. The van der Waals surface area contributed by atoms with Crippen LogP contribution < -0.4 is 10.1 Å². The summed E-state index contributed by atoms with van der Waals surface area (Å²) in [4.78, 5) is 12.5. The number of aliphatic hydroxyl groups excluding tert-OH is 1. The molecule has 6 nitrogen and oxygen atoms in total. The molecule has 2 heterocycles. The van der Waals surface area contributed by atoms with Gasteiger partial charge >= 0.3 is 6.18 Å². The summed E-state index contributed by atoms with van der Waals surface area (Å²) in [6.07, 6.45) is -3.04. The van der Waals surface area contributed by atoms with Gasteiger partial charge < -0.3 is 15.2 Å². The number of nitrogens with one attached hydrogen (secondary N) is 1. The van der Waals surface area contributed by atoms with E-state index in [0.29, 0.717) is 16.4 Å². The van der Waals surface area contributed by atoms with Crippen molar-refractivity contribution in [2.45, 2.75) is 12.8 Å². The van der Waals surface area contributed by atoms with Crippen molar-refractivity contribution >= 4 is 23.0 Å². The summed E-state index contributed by atoms with van der Waals surface area (Å²) in [5.74, 6) is 0.174. The van der Waals surface area contributed by atoms with Crippen LogP contribution in [-0.2, 0) is 12.8 Å². The fourth-order valence-electron chi connectivity index (χ4n) is 2.14. The third-order valence-corrected chi connectivity index (χ3v) is 4.16. The number of benzene rings is 1. The van der Waals surface area contributed by atoms with Crippen molar-refractivity contribution in [2.24, 2.45) is 0 Å². The van der Waals surface area contributed by atoms with Gasteiger partial charge in [-0.05, 0) is 18.2 Å². The normalized spacial score (nSPS) is 11.4. The molecule has 0 saturated heterocycles. The molecule has 0 radical (unpaired) electrons. The van der Waals surface area contributed by atoms with Crippen LogP contribution in [0.5, 0.6) is 5.75 Å². The van der Waals surface area contributed by atoms with Gasteiger partial charge in [0.2, 0.25) is 5.95 Å². The van der Waals surface area contributed by atoms with Crippen molar-refractivity contribution in [2.75, 3.05) is 12.4 Å². The molecular weight excluding hydrogens is 369 g/mol. The van der Waals surface area contributed by atoms with Crippen molar-refractivity contribution in [1.82, 2.24) is 15.0 Å². The molecule has 0 unspecified atom stereocenters. The quantitative estimate of drug-likeness (QED) is 0.698. The van der Waals surface area contributed by atoms with Crippen molar-refractivity contribution in [3.05, 3.63) is 46.4 Å². The van der Waals surface area contributed by atoms with E-state index in [-0.39, 0.29) is 24.0 Å². The molecule has 0 aliphatic rings. The molecule has 2 N–H and O–H groups in total. The van der Waals surface area contributed by atoms with Crippen LogP contribution in [0.25, 0.3) is 11.4 Å². The summed E-state index contributed by atoms with van der Waals surface area (Å²) in [7, 11) is 1.29. The first kappa shape index (κ1) is 18.1. The van der Waals surface area contributed by atoms with Crippen LogP contribution in [0, 0.1) is 0 Å². The molecule has 0 aliphatic heterocycles. The topological polar surface area (TPSA) is 80.2 Å². The monoisotopic (exact) mass is 382 g/mol. The minimum absolute atomic E-state index is 0.0607. The van der Waals surface area contributed by atoms with Gasteiger partial charge in [-0.2, -0.15) is 13.2 Å². The minimum Gasteiger partial charge on any atom is -0.497 e. The summed E-state index contributed by atoms with van der Waals surface area (Å²) < 4.78 is 43.9. The van der Waals surface area contributed by atoms with E-state index in [9.17, 15) is 13.2 Å². The smallest absolute Gasteiger partial charge is 0.416 e. The number of hydrogen-bond acceptors (Lipinski definition) is 7. The minimum atomic E-state index is -4.50. The Hall–Kier alpha value is -2.72. The van der Waals surface area contributed by atoms with Crippen LogP contribution in [-0.4, -0.2) is 27.2 Å². The molecule has 136 valence electrons. The Bertz CT molecular complexity index is 915. The number of rotatable bonds is 5. The molecule has 10 heteroatoms. The number of aromatic nitrogens is 3. The second-order valence-corrected chi connectivity index (χ2v) is 6.07. The Morgan fingerprint density at radius 3 is 2.65 bits per heavy atom. The Morgan fingerprint density at radius 2 is 2.00 bits per heavy atom. The summed E-state index contributed by atoms with van der Waals surface area (Å²) in [5, 5.41) is 14.1. The number of thiazole rings is 1. The molecule has 1 aromatic carbocycles. The van der Waals surface area contributed by atoms with Gasteiger partial charge in [-0.1, -0.05) is 0 Å². The molecular formula is C16H13F3N4O2S. The third-order valence-electron chi connectivity index (χ3n) is 3.33. The van der Waals surface area contributed by atoms with Crippen LogP contribution in [0.1, 0.15) is 10.6 Å². The van der Waals surface area contributed by atoms with Crippen LogP contribution >= 0.6 is 11.3 Å². The average Bonchev–Trinajstić information content (AvgIpc) is 3.10. The summed E-state index contributed by atoms with van der Waals surface area (Å²) in [6.45, 7) is -0.176. The van der Waals surface area contributed by atoms with E-state index in [1.165, 1.54) is 30.7 Å². The number of ether oxygens (including phenoxy) is 1. The molecule has 0 bridgehead atoms. The lowest BCUT2D eigenvalue weighted by molar-refractivity contribution is -0.137. The van der Waals surface area contributed by atoms with Crippen molar-refractivity contribution in [1.29, 1.82) is 0 Å². The van der Waals surface area contributed by atoms with Crippen molar-refractivity contribution in [3.8, 4) is 17.1 Å². The molecule has 0 saturated carbocycles. The summed E-state index contributed by atoms with van der Waals surface area (Å²) >= 11 is 1.28.